The van der Waals surface area contributed by atoms with Crippen molar-refractivity contribution in [1.29, 1.82) is 0 Å². The number of hydrogen-bond acceptors (Lipinski definition) is 5. The molecule has 1 aliphatic rings. The average molecular weight is 380 g/mol. The van der Waals surface area contributed by atoms with Gasteiger partial charge in [-0.3, -0.25) is 0 Å². The summed E-state index contributed by atoms with van der Waals surface area (Å²) in [6.45, 7) is 4.63. The van der Waals surface area contributed by atoms with Crippen LogP contribution in [0.4, 0.5) is 0 Å². The van der Waals surface area contributed by atoms with Gasteiger partial charge in [-0.05, 0) is 31.2 Å². The quantitative estimate of drug-likeness (QED) is 0.601. The number of morpholine rings is 1. The topological polar surface area (TPSA) is 56.6 Å². The average Bonchev–Trinajstić information content (AvgIpc) is 3.08. The van der Waals surface area contributed by atoms with Crippen LogP contribution < -0.4 is 0 Å². The molecule has 0 saturated carbocycles. The lowest BCUT2D eigenvalue weighted by Crippen LogP contribution is -2.40. The Morgan fingerprint density at radius 2 is 2.00 bits per heavy atom. The van der Waals surface area contributed by atoms with Gasteiger partial charge in [0.1, 0.15) is 4.99 Å². The molecule has 1 aliphatic heterocycles. The lowest BCUT2D eigenvalue weighted by Gasteiger charge is -2.28. The number of ether oxygens (including phenoxy) is 2. The molecule has 2 aromatic rings. The fourth-order valence-electron chi connectivity index (χ4n) is 2.54. The van der Waals surface area contributed by atoms with Crippen molar-refractivity contribution in [1.82, 2.24) is 14.7 Å². The highest BCUT2D eigenvalue weighted by Crippen LogP contribution is 2.19. The number of nitrogens with zero attached hydrogens (tertiary/aromatic N) is 3. The van der Waals surface area contributed by atoms with Crippen molar-refractivity contribution in [3.8, 4) is 5.69 Å². The molecule has 0 bridgehead atoms. The van der Waals surface area contributed by atoms with E-state index in [9.17, 15) is 4.79 Å². The van der Waals surface area contributed by atoms with Crippen molar-refractivity contribution in [3.05, 3.63) is 46.7 Å². The molecule has 0 spiro atoms. The molecule has 8 heteroatoms. The van der Waals surface area contributed by atoms with Gasteiger partial charge in [-0.25, -0.2) is 9.48 Å². The molecule has 0 amide bonds. The Morgan fingerprint density at radius 1 is 1.32 bits per heavy atom. The van der Waals surface area contributed by atoms with E-state index in [4.69, 9.17) is 33.3 Å². The first-order chi connectivity index (χ1) is 12.1. The molecule has 1 aromatic heterocycles. The van der Waals surface area contributed by atoms with E-state index in [0.29, 0.717) is 41.9 Å². The third-order valence-corrected chi connectivity index (χ3v) is 4.53. The highest BCUT2D eigenvalue weighted by molar-refractivity contribution is 7.80. The molecule has 0 radical (unpaired) electrons. The standard InChI is InChI=1S/C17H18ClN3O3S/c1-2-24-17(22)15-14(16(25)20-7-9-23-10-8-20)11-21(19-15)13-5-3-12(18)4-6-13/h3-6,11H,2,7-10H2,1H3. The van der Waals surface area contributed by atoms with Crippen LogP contribution in [0.2, 0.25) is 5.02 Å². The zero-order valence-electron chi connectivity index (χ0n) is 13.8. The summed E-state index contributed by atoms with van der Waals surface area (Å²) in [6.07, 6.45) is 1.76. The van der Waals surface area contributed by atoms with E-state index in [1.54, 1.807) is 29.9 Å². The lowest BCUT2D eigenvalue weighted by atomic mass is 10.2. The summed E-state index contributed by atoms with van der Waals surface area (Å²) in [5, 5.41) is 5.03. The zero-order chi connectivity index (χ0) is 17.8. The van der Waals surface area contributed by atoms with E-state index in [2.05, 4.69) is 5.10 Å². The van der Waals surface area contributed by atoms with Crippen molar-refractivity contribution < 1.29 is 14.3 Å². The Kier molecular flexibility index (Phi) is 5.67. The monoisotopic (exact) mass is 379 g/mol. The summed E-state index contributed by atoms with van der Waals surface area (Å²) >= 11 is 11.5. The smallest absolute Gasteiger partial charge is 0.359 e. The minimum absolute atomic E-state index is 0.216. The molecule has 1 fully saturated rings. The SMILES string of the molecule is CCOC(=O)c1nn(-c2ccc(Cl)cc2)cc1C(=S)N1CCOCC1. The minimum Gasteiger partial charge on any atom is -0.461 e. The Labute approximate surface area is 156 Å². The molecular weight excluding hydrogens is 362 g/mol. The summed E-state index contributed by atoms with van der Waals surface area (Å²) in [5.74, 6) is -0.485. The number of aromatic nitrogens is 2. The summed E-state index contributed by atoms with van der Waals surface area (Å²) in [7, 11) is 0. The molecular formula is C17H18ClN3O3S. The van der Waals surface area contributed by atoms with Gasteiger partial charge in [-0.1, -0.05) is 23.8 Å². The van der Waals surface area contributed by atoms with Crippen LogP contribution in [-0.4, -0.2) is 58.5 Å². The first-order valence-corrected chi connectivity index (χ1v) is 8.78. The maximum atomic E-state index is 12.3. The molecule has 0 aliphatic carbocycles. The molecule has 6 nitrogen and oxygen atoms in total. The molecule has 1 aromatic carbocycles. The van der Waals surface area contributed by atoms with E-state index in [-0.39, 0.29) is 12.3 Å². The van der Waals surface area contributed by atoms with Gasteiger partial charge in [-0.15, -0.1) is 0 Å². The van der Waals surface area contributed by atoms with Gasteiger partial charge in [-0.2, -0.15) is 5.10 Å². The normalized spacial score (nSPS) is 14.4. The highest BCUT2D eigenvalue weighted by atomic mass is 35.5. The second-order valence-corrected chi connectivity index (χ2v) is 6.26. The molecule has 2 heterocycles. The van der Waals surface area contributed by atoms with Crippen LogP contribution in [-0.2, 0) is 9.47 Å². The number of carbonyl (C=O) groups is 1. The first-order valence-electron chi connectivity index (χ1n) is 8.00. The van der Waals surface area contributed by atoms with Crippen molar-refractivity contribution in [2.24, 2.45) is 0 Å². The second-order valence-electron chi connectivity index (χ2n) is 5.44. The van der Waals surface area contributed by atoms with Gasteiger partial charge < -0.3 is 14.4 Å². The van der Waals surface area contributed by atoms with Crippen LogP contribution in [0, 0.1) is 0 Å². The van der Waals surface area contributed by atoms with Gasteiger partial charge in [0, 0.05) is 24.3 Å². The lowest BCUT2D eigenvalue weighted by molar-refractivity contribution is 0.0518. The van der Waals surface area contributed by atoms with Crippen molar-refractivity contribution in [2.45, 2.75) is 6.92 Å². The summed E-state index contributed by atoms with van der Waals surface area (Å²) in [4.78, 5) is 14.9. The summed E-state index contributed by atoms with van der Waals surface area (Å²) in [5.41, 5.74) is 1.59. The molecule has 0 N–H and O–H groups in total. The molecule has 132 valence electrons. The fraction of sp³-hybridized carbons (Fsp3) is 0.353. The molecule has 3 rings (SSSR count). The molecule has 1 saturated heterocycles. The van der Waals surface area contributed by atoms with Crippen LogP contribution >= 0.6 is 23.8 Å². The predicted molar refractivity (Wildman–Crippen MR) is 98.6 cm³/mol. The number of hydrogen-bond donors (Lipinski definition) is 0. The van der Waals surface area contributed by atoms with Gasteiger partial charge in [0.05, 0.1) is 31.1 Å². The highest BCUT2D eigenvalue weighted by Gasteiger charge is 2.25. The van der Waals surface area contributed by atoms with E-state index in [1.165, 1.54) is 0 Å². The fourth-order valence-corrected chi connectivity index (χ4v) is 3.00. The van der Waals surface area contributed by atoms with Crippen LogP contribution in [0.25, 0.3) is 5.69 Å². The Balaban J connectivity index is 1.97. The van der Waals surface area contributed by atoms with E-state index < -0.39 is 5.97 Å². The van der Waals surface area contributed by atoms with Crippen molar-refractivity contribution in [2.75, 3.05) is 32.9 Å². The van der Waals surface area contributed by atoms with Crippen LogP contribution in [0.1, 0.15) is 23.0 Å². The maximum absolute atomic E-state index is 12.3. The summed E-state index contributed by atoms with van der Waals surface area (Å²) in [6, 6.07) is 7.18. The maximum Gasteiger partial charge on any atom is 0.359 e. The minimum atomic E-state index is -0.485. The van der Waals surface area contributed by atoms with E-state index in [1.807, 2.05) is 17.0 Å². The number of rotatable bonds is 4. The van der Waals surface area contributed by atoms with E-state index in [0.717, 1.165) is 5.69 Å². The third-order valence-electron chi connectivity index (χ3n) is 3.80. The van der Waals surface area contributed by atoms with Gasteiger partial charge in [0.25, 0.3) is 0 Å². The zero-order valence-corrected chi connectivity index (χ0v) is 15.3. The molecule has 0 unspecified atom stereocenters. The van der Waals surface area contributed by atoms with Crippen molar-refractivity contribution >= 4 is 34.8 Å². The number of thiocarbonyl (C=S) groups is 1. The molecule has 25 heavy (non-hydrogen) atoms. The number of halogens is 1. The van der Waals surface area contributed by atoms with E-state index >= 15 is 0 Å². The molecule has 0 atom stereocenters. The van der Waals surface area contributed by atoms with Crippen LogP contribution in [0.15, 0.2) is 30.5 Å². The Bertz CT molecular complexity index is 770. The first kappa shape index (κ1) is 17.8. The summed E-state index contributed by atoms with van der Waals surface area (Å²) < 4.78 is 12.1. The second kappa shape index (κ2) is 7.95. The largest absolute Gasteiger partial charge is 0.461 e. The Hall–Kier alpha value is -1.96. The van der Waals surface area contributed by atoms with Crippen molar-refractivity contribution in [3.63, 3.8) is 0 Å². The van der Waals surface area contributed by atoms with Gasteiger partial charge in [0.15, 0.2) is 5.69 Å². The number of esters is 1. The van der Waals surface area contributed by atoms with Crippen LogP contribution in [0.5, 0.6) is 0 Å². The van der Waals surface area contributed by atoms with Gasteiger partial charge in [0.2, 0.25) is 0 Å². The van der Waals surface area contributed by atoms with Gasteiger partial charge >= 0.3 is 5.97 Å². The number of benzene rings is 1. The third kappa shape index (κ3) is 4.00. The van der Waals surface area contributed by atoms with Crippen LogP contribution in [0.3, 0.4) is 0 Å². The predicted octanol–water partition coefficient (Wildman–Crippen LogP) is 2.71. The number of carbonyl (C=O) groups excluding carboxylic acids is 1. The Morgan fingerprint density at radius 3 is 2.64 bits per heavy atom.